The Bertz CT molecular complexity index is 616. The molecule has 0 aliphatic heterocycles. The van der Waals surface area contributed by atoms with Crippen LogP contribution in [-0.4, -0.2) is 18.4 Å². The third kappa shape index (κ3) is 4.69. The van der Waals surface area contributed by atoms with Crippen LogP contribution in [0.2, 0.25) is 0 Å². The third-order valence-corrected chi connectivity index (χ3v) is 3.71. The number of alkyl halides is 3. The van der Waals surface area contributed by atoms with Crippen LogP contribution in [-0.2, 0) is 22.3 Å². The molecule has 0 saturated heterocycles. The lowest BCUT2D eigenvalue weighted by Crippen LogP contribution is -2.34. The van der Waals surface area contributed by atoms with E-state index in [1.54, 1.807) is 0 Å². The number of rotatable bonds is 5. The lowest BCUT2D eigenvalue weighted by atomic mass is 10.1. The fourth-order valence-electron chi connectivity index (χ4n) is 2.24. The SMILES string of the molecule is CC1CC1C(=O)NCC(=O)Nc1cc(CN)cc(C(F)(F)F)c1. The monoisotopic (exact) mass is 329 g/mol. The first-order chi connectivity index (χ1) is 10.7. The highest BCUT2D eigenvalue weighted by Crippen LogP contribution is 2.37. The second-order valence-corrected chi connectivity index (χ2v) is 5.71. The van der Waals surface area contributed by atoms with E-state index in [-0.39, 0.29) is 36.2 Å². The fourth-order valence-corrected chi connectivity index (χ4v) is 2.24. The second kappa shape index (κ2) is 6.57. The highest BCUT2D eigenvalue weighted by molar-refractivity contribution is 5.95. The summed E-state index contributed by atoms with van der Waals surface area (Å²) in [5, 5.41) is 4.82. The summed E-state index contributed by atoms with van der Waals surface area (Å²) in [5.41, 5.74) is 4.75. The third-order valence-electron chi connectivity index (χ3n) is 3.71. The van der Waals surface area contributed by atoms with Crippen molar-refractivity contribution in [2.45, 2.75) is 26.1 Å². The maximum atomic E-state index is 12.8. The Morgan fingerprint density at radius 2 is 1.96 bits per heavy atom. The van der Waals surface area contributed by atoms with Crippen molar-refractivity contribution in [1.82, 2.24) is 5.32 Å². The molecule has 0 radical (unpaired) electrons. The van der Waals surface area contributed by atoms with Crippen molar-refractivity contribution in [2.24, 2.45) is 17.6 Å². The minimum absolute atomic E-state index is 0.000635. The van der Waals surface area contributed by atoms with E-state index in [4.69, 9.17) is 5.73 Å². The van der Waals surface area contributed by atoms with Gasteiger partial charge in [0.15, 0.2) is 0 Å². The van der Waals surface area contributed by atoms with E-state index < -0.39 is 17.6 Å². The molecule has 2 amide bonds. The smallest absolute Gasteiger partial charge is 0.347 e. The summed E-state index contributed by atoms with van der Waals surface area (Å²) < 4.78 is 38.4. The lowest BCUT2D eigenvalue weighted by Gasteiger charge is -2.12. The highest BCUT2D eigenvalue weighted by Gasteiger charge is 2.39. The molecule has 1 aliphatic carbocycles. The van der Waals surface area contributed by atoms with E-state index in [0.29, 0.717) is 5.92 Å². The number of halogens is 3. The largest absolute Gasteiger partial charge is 0.416 e. The molecule has 1 aliphatic rings. The van der Waals surface area contributed by atoms with Crippen LogP contribution in [0.25, 0.3) is 0 Å². The summed E-state index contributed by atoms with van der Waals surface area (Å²) in [6.45, 7) is 1.57. The molecule has 1 aromatic rings. The average Bonchev–Trinajstić information content (AvgIpc) is 3.20. The number of hydrogen-bond acceptors (Lipinski definition) is 3. The van der Waals surface area contributed by atoms with Crippen molar-refractivity contribution >= 4 is 17.5 Å². The minimum Gasteiger partial charge on any atom is -0.347 e. The zero-order chi connectivity index (χ0) is 17.2. The molecule has 1 fully saturated rings. The van der Waals surface area contributed by atoms with E-state index in [0.717, 1.165) is 18.6 Å². The fraction of sp³-hybridized carbons (Fsp3) is 0.467. The predicted octanol–water partition coefficient (Wildman–Crippen LogP) is 1.87. The molecule has 2 unspecified atom stereocenters. The maximum Gasteiger partial charge on any atom is 0.416 e. The number of nitrogens with two attached hydrogens (primary N) is 1. The summed E-state index contributed by atoms with van der Waals surface area (Å²) in [7, 11) is 0. The molecule has 2 atom stereocenters. The van der Waals surface area contributed by atoms with Gasteiger partial charge in [0.1, 0.15) is 0 Å². The Morgan fingerprint density at radius 1 is 1.30 bits per heavy atom. The molecular weight excluding hydrogens is 311 g/mol. The van der Waals surface area contributed by atoms with Crippen LogP contribution in [0.15, 0.2) is 18.2 Å². The predicted molar refractivity (Wildman–Crippen MR) is 78.2 cm³/mol. The van der Waals surface area contributed by atoms with Crippen LogP contribution in [0.3, 0.4) is 0 Å². The number of carbonyl (C=O) groups excluding carboxylic acids is 2. The zero-order valence-corrected chi connectivity index (χ0v) is 12.5. The van der Waals surface area contributed by atoms with Crippen molar-refractivity contribution in [2.75, 3.05) is 11.9 Å². The van der Waals surface area contributed by atoms with Gasteiger partial charge in [0.05, 0.1) is 12.1 Å². The number of carbonyl (C=O) groups is 2. The standard InChI is InChI=1S/C15H18F3N3O2/c1-8-2-12(8)14(23)20-7-13(22)21-11-4-9(6-19)3-10(5-11)15(16,17)18/h3-5,8,12H,2,6-7,19H2,1H3,(H,20,23)(H,21,22). The molecule has 2 rings (SSSR count). The summed E-state index contributed by atoms with van der Waals surface area (Å²) in [6, 6.07) is 3.14. The van der Waals surface area contributed by atoms with Crippen molar-refractivity contribution in [3.63, 3.8) is 0 Å². The van der Waals surface area contributed by atoms with Gasteiger partial charge in [0, 0.05) is 18.2 Å². The van der Waals surface area contributed by atoms with Gasteiger partial charge in [-0.05, 0) is 36.1 Å². The minimum atomic E-state index is -4.53. The van der Waals surface area contributed by atoms with Crippen LogP contribution in [0.4, 0.5) is 18.9 Å². The zero-order valence-electron chi connectivity index (χ0n) is 12.5. The summed E-state index contributed by atoms with van der Waals surface area (Å²) in [6.07, 6.45) is -3.73. The molecule has 8 heteroatoms. The van der Waals surface area contributed by atoms with Gasteiger partial charge in [-0.15, -0.1) is 0 Å². The molecule has 1 aromatic carbocycles. The molecule has 0 heterocycles. The van der Waals surface area contributed by atoms with Crippen molar-refractivity contribution in [3.8, 4) is 0 Å². The van der Waals surface area contributed by atoms with Crippen molar-refractivity contribution in [3.05, 3.63) is 29.3 Å². The van der Waals surface area contributed by atoms with Crippen LogP contribution in [0.1, 0.15) is 24.5 Å². The molecule has 23 heavy (non-hydrogen) atoms. The van der Waals surface area contributed by atoms with E-state index in [2.05, 4.69) is 10.6 Å². The number of benzene rings is 1. The average molecular weight is 329 g/mol. The second-order valence-electron chi connectivity index (χ2n) is 5.71. The van der Waals surface area contributed by atoms with E-state index in [9.17, 15) is 22.8 Å². The molecule has 4 N–H and O–H groups in total. The molecule has 5 nitrogen and oxygen atoms in total. The van der Waals surface area contributed by atoms with Crippen LogP contribution in [0.5, 0.6) is 0 Å². The van der Waals surface area contributed by atoms with Gasteiger partial charge >= 0.3 is 6.18 Å². The topological polar surface area (TPSA) is 84.2 Å². The van der Waals surface area contributed by atoms with E-state index >= 15 is 0 Å². The van der Waals surface area contributed by atoms with E-state index in [1.807, 2.05) is 6.92 Å². The lowest BCUT2D eigenvalue weighted by molar-refractivity contribution is -0.137. The Morgan fingerprint density at radius 3 is 2.48 bits per heavy atom. The highest BCUT2D eigenvalue weighted by atomic mass is 19.4. The quantitative estimate of drug-likeness (QED) is 0.771. The van der Waals surface area contributed by atoms with Gasteiger partial charge in [0.25, 0.3) is 0 Å². The summed E-state index contributed by atoms with van der Waals surface area (Å²) in [5.74, 6) is -0.554. The Hall–Kier alpha value is -2.09. The normalized spacial score (nSPS) is 20.0. The van der Waals surface area contributed by atoms with Gasteiger partial charge < -0.3 is 16.4 Å². The summed E-state index contributed by atoms with van der Waals surface area (Å²) in [4.78, 5) is 23.4. The van der Waals surface area contributed by atoms with Crippen molar-refractivity contribution in [1.29, 1.82) is 0 Å². The first-order valence-electron chi connectivity index (χ1n) is 7.19. The Kier molecular flexibility index (Phi) is 4.93. The van der Waals surface area contributed by atoms with E-state index in [1.165, 1.54) is 6.07 Å². The number of nitrogens with one attached hydrogen (secondary N) is 2. The van der Waals surface area contributed by atoms with Crippen LogP contribution in [0, 0.1) is 11.8 Å². The number of amides is 2. The maximum absolute atomic E-state index is 12.8. The summed E-state index contributed by atoms with van der Waals surface area (Å²) >= 11 is 0. The first-order valence-corrected chi connectivity index (χ1v) is 7.19. The van der Waals surface area contributed by atoms with Crippen LogP contribution < -0.4 is 16.4 Å². The first kappa shape index (κ1) is 17.3. The van der Waals surface area contributed by atoms with Gasteiger partial charge in [0.2, 0.25) is 11.8 Å². The molecule has 0 aromatic heterocycles. The van der Waals surface area contributed by atoms with Crippen molar-refractivity contribution < 1.29 is 22.8 Å². The van der Waals surface area contributed by atoms with Gasteiger partial charge in [-0.1, -0.05) is 6.92 Å². The van der Waals surface area contributed by atoms with Gasteiger partial charge in [-0.3, -0.25) is 9.59 Å². The molecule has 126 valence electrons. The van der Waals surface area contributed by atoms with Crippen LogP contribution >= 0.6 is 0 Å². The molecule has 0 spiro atoms. The van der Waals surface area contributed by atoms with Gasteiger partial charge in [-0.2, -0.15) is 13.2 Å². The van der Waals surface area contributed by atoms with Gasteiger partial charge in [-0.25, -0.2) is 0 Å². The Balaban J connectivity index is 1.98. The number of anilines is 1. The molecule has 0 bridgehead atoms. The Labute approximate surface area is 131 Å². The number of hydrogen-bond donors (Lipinski definition) is 3. The molecular formula is C15H18F3N3O2. The molecule has 1 saturated carbocycles.